The highest BCUT2D eigenvalue weighted by Crippen LogP contribution is 2.33. The van der Waals surface area contributed by atoms with E-state index in [1.54, 1.807) is 35.5 Å². The van der Waals surface area contributed by atoms with Gasteiger partial charge in [0, 0.05) is 61.3 Å². The van der Waals surface area contributed by atoms with Crippen molar-refractivity contribution >= 4 is 44.9 Å². The van der Waals surface area contributed by atoms with Crippen molar-refractivity contribution in [3.8, 4) is 0 Å². The molecule has 2 aliphatic rings. The average Bonchev–Trinajstić information content (AvgIpc) is 3.21. The molecule has 4 heterocycles. The number of aromatic nitrogens is 3. The van der Waals surface area contributed by atoms with Gasteiger partial charge in [-0.3, -0.25) is 14.6 Å². The van der Waals surface area contributed by atoms with Crippen LogP contribution in [0.2, 0.25) is 0 Å². The lowest BCUT2D eigenvalue weighted by Crippen LogP contribution is -2.48. The van der Waals surface area contributed by atoms with E-state index in [0.717, 1.165) is 67.1 Å². The van der Waals surface area contributed by atoms with E-state index >= 15 is 0 Å². The summed E-state index contributed by atoms with van der Waals surface area (Å²) in [6, 6.07) is 4.02. The first-order valence-corrected chi connectivity index (χ1v) is 13.2. The van der Waals surface area contributed by atoms with Crippen molar-refractivity contribution in [3.05, 3.63) is 51.1 Å². The molecule has 0 bridgehead atoms. The summed E-state index contributed by atoms with van der Waals surface area (Å²) in [5, 5.41) is 0.805. The van der Waals surface area contributed by atoms with Crippen LogP contribution in [0.3, 0.4) is 0 Å². The molecule has 1 aliphatic carbocycles. The number of carbonyl (C=O) groups excluding carboxylic acids is 1. The van der Waals surface area contributed by atoms with E-state index in [1.807, 2.05) is 17.0 Å². The second-order valence-corrected chi connectivity index (χ2v) is 10.5. The fraction of sp³-hybridized carbons (Fsp3) is 0.478. The molecule has 7 nitrogen and oxygen atoms in total. The summed E-state index contributed by atoms with van der Waals surface area (Å²) in [4.78, 5) is 43.5. The Bertz CT molecular complexity index is 1150. The molecule has 1 saturated heterocycles. The Morgan fingerprint density at radius 2 is 1.91 bits per heavy atom. The van der Waals surface area contributed by atoms with E-state index in [1.165, 1.54) is 16.9 Å². The van der Waals surface area contributed by atoms with Gasteiger partial charge < -0.3 is 14.8 Å². The minimum absolute atomic E-state index is 0.00635. The van der Waals surface area contributed by atoms with E-state index in [9.17, 15) is 9.59 Å². The molecule has 1 fully saturated rings. The number of carbonyl (C=O) groups is 1. The Morgan fingerprint density at radius 3 is 2.72 bits per heavy atom. The van der Waals surface area contributed by atoms with Gasteiger partial charge in [-0.15, -0.1) is 11.3 Å². The molecule has 0 aromatic carbocycles. The van der Waals surface area contributed by atoms with Gasteiger partial charge in [-0.1, -0.05) is 0 Å². The van der Waals surface area contributed by atoms with Crippen molar-refractivity contribution in [1.29, 1.82) is 0 Å². The third kappa shape index (κ3) is 4.54. The Balaban J connectivity index is 1.10. The van der Waals surface area contributed by atoms with E-state index in [-0.39, 0.29) is 11.5 Å². The Labute approximate surface area is 195 Å². The largest absolute Gasteiger partial charge is 0.368 e. The topological polar surface area (TPSA) is 82.2 Å². The third-order valence-corrected chi connectivity index (χ3v) is 8.39. The average molecular weight is 470 g/mol. The lowest BCUT2D eigenvalue weighted by molar-refractivity contribution is -0.131. The van der Waals surface area contributed by atoms with Crippen LogP contribution in [-0.2, 0) is 23.4 Å². The molecular formula is C23H27N5O2S2. The number of amides is 1. The molecule has 5 rings (SSSR count). The van der Waals surface area contributed by atoms with Crippen molar-refractivity contribution in [1.82, 2.24) is 19.9 Å². The zero-order valence-electron chi connectivity index (χ0n) is 18.0. The van der Waals surface area contributed by atoms with Gasteiger partial charge in [-0.2, -0.15) is 11.8 Å². The summed E-state index contributed by atoms with van der Waals surface area (Å²) in [6.07, 6.45) is 8.54. The molecule has 1 aliphatic heterocycles. The summed E-state index contributed by atoms with van der Waals surface area (Å²) >= 11 is 3.34. The fourth-order valence-corrected chi connectivity index (χ4v) is 6.61. The molecule has 0 saturated carbocycles. The number of anilines is 1. The standard InChI is InChI=1S/C23H27N5O2S2/c29-20(28-12-10-27(11-13-28)16-5-8-24-9-6-16)7-14-31-15-19-25-22(30)21-17-3-1-2-4-18(17)32-23(21)26-19/h5-6,8-9H,1-4,7,10-15H2,(H,25,26,30). The van der Waals surface area contributed by atoms with E-state index < -0.39 is 0 Å². The number of rotatable bonds is 6. The third-order valence-electron chi connectivity index (χ3n) is 6.23. The summed E-state index contributed by atoms with van der Waals surface area (Å²) in [6.45, 7) is 3.19. The monoisotopic (exact) mass is 469 g/mol. The molecule has 3 aromatic heterocycles. The van der Waals surface area contributed by atoms with Crippen LogP contribution in [0.25, 0.3) is 10.2 Å². The number of hydrogen-bond acceptors (Lipinski definition) is 7. The molecule has 0 radical (unpaired) electrons. The molecule has 0 atom stereocenters. The summed E-state index contributed by atoms with van der Waals surface area (Å²) in [7, 11) is 0. The minimum Gasteiger partial charge on any atom is -0.368 e. The number of thioether (sulfide) groups is 1. The Hall–Kier alpha value is -2.39. The smallest absolute Gasteiger partial charge is 0.259 e. The lowest BCUT2D eigenvalue weighted by Gasteiger charge is -2.36. The second-order valence-electron chi connectivity index (χ2n) is 8.28. The maximum atomic E-state index is 12.6. The summed E-state index contributed by atoms with van der Waals surface area (Å²) < 4.78 is 0. The number of thiophene rings is 1. The van der Waals surface area contributed by atoms with Gasteiger partial charge in [0.2, 0.25) is 5.91 Å². The SMILES string of the molecule is O=C(CCSCc1nc2sc3c(c2c(=O)[nH]1)CCCC3)N1CCN(c2ccncc2)CC1. The second kappa shape index (κ2) is 9.62. The number of pyridine rings is 1. The van der Waals surface area contributed by atoms with Crippen molar-refractivity contribution in [2.45, 2.75) is 37.9 Å². The van der Waals surface area contributed by atoms with Crippen LogP contribution in [0, 0.1) is 0 Å². The predicted octanol–water partition coefficient (Wildman–Crippen LogP) is 3.23. The number of nitrogens with zero attached hydrogens (tertiary/aromatic N) is 4. The van der Waals surface area contributed by atoms with Gasteiger partial charge in [0.15, 0.2) is 0 Å². The predicted molar refractivity (Wildman–Crippen MR) is 131 cm³/mol. The first-order chi connectivity index (χ1) is 15.7. The zero-order valence-corrected chi connectivity index (χ0v) is 19.6. The number of piperazine rings is 1. The van der Waals surface area contributed by atoms with Gasteiger partial charge in [0.05, 0.1) is 11.1 Å². The van der Waals surface area contributed by atoms with Crippen molar-refractivity contribution in [3.63, 3.8) is 0 Å². The number of H-pyrrole nitrogens is 1. The number of fused-ring (bicyclic) bond motifs is 3. The maximum absolute atomic E-state index is 12.6. The first-order valence-electron chi connectivity index (χ1n) is 11.2. The number of aryl methyl sites for hydroxylation is 2. The molecule has 1 N–H and O–H groups in total. The lowest BCUT2D eigenvalue weighted by atomic mass is 9.97. The van der Waals surface area contributed by atoms with Crippen LogP contribution in [0.4, 0.5) is 5.69 Å². The number of hydrogen-bond donors (Lipinski definition) is 1. The fourth-order valence-electron chi connectivity index (χ4n) is 4.53. The van der Waals surface area contributed by atoms with Crippen LogP contribution >= 0.6 is 23.1 Å². The molecule has 9 heteroatoms. The van der Waals surface area contributed by atoms with E-state index in [2.05, 4.69) is 14.9 Å². The highest BCUT2D eigenvalue weighted by Gasteiger charge is 2.22. The summed E-state index contributed by atoms with van der Waals surface area (Å²) in [5.74, 6) is 2.27. The van der Waals surface area contributed by atoms with Crippen molar-refractivity contribution < 1.29 is 4.79 Å². The van der Waals surface area contributed by atoms with Crippen LogP contribution in [0.1, 0.15) is 35.5 Å². The van der Waals surface area contributed by atoms with Crippen molar-refractivity contribution in [2.24, 2.45) is 0 Å². The number of aromatic amines is 1. The molecule has 0 spiro atoms. The molecule has 1 amide bonds. The van der Waals surface area contributed by atoms with Crippen LogP contribution in [0.5, 0.6) is 0 Å². The maximum Gasteiger partial charge on any atom is 0.259 e. The van der Waals surface area contributed by atoms with Gasteiger partial charge in [-0.25, -0.2) is 4.98 Å². The van der Waals surface area contributed by atoms with Crippen molar-refractivity contribution in [2.75, 3.05) is 36.8 Å². The van der Waals surface area contributed by atoms with Gasteiger partial charge >= 0.3 is 0 Å². The van der Waals surface area contributed by atoms with Crippen LogP contribution < -0.4 is 10.5 Å². The van der Waals surface area contributed by atoms with Gasteiger partial charge in [-0.05, 0) is 43.4 Å². The number of nitrogens with one attached hydrogen (secondary N) is 1. The normalized spacial score (nSPS) is 16.4. The molecule has 32 heavy (non-hydrogen) atoms. The molecular weight excluding hydrogens is 442 g/mol. The van der Waals surface area contributed by atoms with E-state index in [0.29, 0.717) is 18.0 Å². The van der Waals surface area contributed by atoms with Gasteiger partial charge in [0.1, 0.15) is 10.7 Å². The Kier molecular flexibility index (Phi) is 6.45. The molecule has 168 valence electrons. The quantitative estimate of drug-likeness (QED) is 0.558. The molecule has 0 unspecified atom stereocenters. The highest BCUT2D eigenvalue weighted by molar-refractivity contribution is 7.98. The Morgan fingerprint density at radius 1 is 1.12 bits per heavy atom. The van der Waals surface area contributed by atoms with E-state index in [4.69, 9.17) is 4.98 Å². The highest BCUT2D eigenvalue weighted by atomic mass is 32.2. The molecule has 3 aromatic rings. The first kappa shape index (κ1) is 21.5. The van der Waals surface area contributed by atoms with Crippen LogP contribution in [-0.4, -0.2) is 57.7 Å². The summed E-state index contributed by atoms with van der Waals surface area (Å²) in [5.41, 5.74) is 2.37. The van der Waals surface area contributed by atoms with Gasteiger partial charge in [0.25, 0.3) is 5.56 Å². The minimum atomic E-state index is -0.00635. The zero-order chi connectivity index (χ0) is 21.9. The van der Waals surface area contributed by atoms with Crippen LogP contribution in [0.15, 0.2) is 29.3 Å².